The number of halogens is 1. The lowest BCUT2D eigenvalue weighted by Gasteiger charge is -2.11. The van der Waals surface area contributed by atoms with Crippen molar-refractivity contribution < 1.29 is 9.47 Å². The zero-order valence-corrected chi connectivity index (χ0v) is 13.5. The van der Waals surface area contributed by atoms with Crippen LogP contribution in [0.5, 0.6) is 11.5 Å². The quantitative estimate of drug-likeness (QED) is 0.830. The molecule has 1 aromatic heterocycles. The Hall–Kier alpha value is -1.82. The van der Waals surface area contributed by atoms with Crippen LogP contribution in [0.25, 0.3) is 0 Å². The second-order valence-corrected chi connectivity index (χ2v) is 5.72. The van der Waals surface area contributed by atoms with Crippen molar-refractivity contribution in [1.29, 1.82) is 0 Å². The number of methoxy groups -OCH3 is 2. The Balaban J connectivity index is 1.86. The topological polar surface area (TPSA) is 56.3 Å². The summed E-state index contributed by atoms with van der Waals surface area (Å²) in [6.45, 7) is 0. The van der Waals surface area contributed by atoms with Crippen LogP contribution in [0, 0.1) is 0 Å². The Kier molecular flexibility index (Phi) is 3.96. The summed E-state index contributed by atoms with van der Waals surface area (Å²) in [4.78, 5) is 8.98. The number of nitrogens with one attached hydrogen (secondary N) is 1. The summed E-state index contributed by atoms with van der Waals surface area (Å²) in [5, 5.41) is 3.28. The van der Waals surface area contributed by atoms with E-state index in [4.69, 9.17) is 9.47 Å². The van der Waals surface area contributed by atoms with Crippen LogP contribution in [0.15, 0.2) is 28.9 Å². The van der Waals surface area contributed by atoms with Crippen LogP contribution in [0.1, 0.15) is 24.6 Å². The molecule has 2 aromatic rings. The lowest BCUT2D eigenvalue weighted by molar-refractivity contribution is 0.355. The third-order valence-corrected chi connectivity index (χ3v) is 3.72. The molecule has 110 valence electrons. The third kappa shape index (κ3) is 3.26. The highest BCUT2D eigenvalue weighted by atomic mass is 79.9. The van der Waals surface area contributed by atoms with Gasteiger partial charge in [-0.3, -0.25) is 0 Å². The minimum Gasteiger partial charge on any atom is -0.493 e. The van der Waals surface area contributed by atoms with Gasteiger partial charge in [-0.2, -0.15) is 0 Å². The fourth-order valence-corrected chi connectivity index (χ4v) is 2.48. The first-order chi connectivity index (χ1) is 10.2. The van der Waals surface area contributed by atoms with Gasteiger partial charge in [-0.25, -0.2) is 9.97 Å². The molecule has 1 aliphatic carbocycles. The first-order valence-corrected chi connectivity index (χ1v) is 7.52. The van der Waals surface area contributed by atoms with Gasteiger partial charge < -0.3 is 14.8 Å². The van der Waals surface area contributed by atoms with Gasteiger partial charge in [0.2, 0.25) is 0 Å². The summed E-state index contributed by atoms with van der Waals surface area (Å²) in [5.41, 5.74) is 0.889. The van der Waals surface area contributed by atoms with Gasteiger partial charge in [0.05, 0.1) is 14.2 Å². The summed E-state index contributed by atoms with van der Waals surface area (Å²) < 4.78 is 11.3. The maximum Gasteiger partial charge on any atom is 0.162 e. The number of hydrogen-bond acceptors (Lipinski definition) is 5. The van der Waals surface area contributed by atoms with E-state index in [2.05, 4.69) is 31.2 Å². The molecule has 1 saturated carbocycles. The molecule has 1 heterocycles. The van der Waals surface area contributed by atoms with Crippen molar-refractivity contribution in [3.63, 3.8) is 0 Å². The molecule has 0 unspecified atom stereocenters. The standard InChI is InChI=1S/C15H16BrN3O2/c1-20-11-6-5-10(7-12(11)21-2)17-14-8-13(16)18-15(19-14)9-3-4-9/h5-9H,3-4H2,1-2H3,(H,17,18,19). The number of aromatic nitrogens is 2. The van der Waals surface area contributed by atoms with Crippen molar-refractivity contribution in [3.8, 4) is 11.5 Å². The summed E-state index contributed by atoms with van der Waals surface area (Å²) in [6, 6.07) is 7.53. The molecular weight excluding hydrogens is 334 g/mol. The summed E-state index contributed by atoms with van der Waals surface area (Å²) in [6.07, 6.45) is 2.35. The van der Waals surface area contributed by atoms with Gasteiger partial charge in [-0.05, 0) is 40.9 Å². The minimum atomic E-state index is 0.508. The molecule has 0 bridgehead atoms. The van der Waals surface area contributed by atoms with Crippen LogP contribution in [0.2, 0.25) is 0 Å². The van der Waals surface area contributed by atoms with Crippen LogP contribution in [-0.4, -0.2) is 24.2 Å². The van der Waals surface area contributed by atoms with Gasteiger partial charge in [0.1, 0.15) is 16.2 Å². The smallest absolute Gasteiger partial charge is 0.162 e. The van der Waals surface area contributed by atoms with Crippen LogP contribution in [0.4, 0.5) is 11.5 Å². The van der Waals surface area contributed by atoms with Crippen LogP contribution >= 0.6 is 15.9 Å². The monoisotopic (exact) mass is 349 g/mol. The zero-order valence-electron chi connectivity index (χ0n) is 11.9. The van der Waals surface area contributed by atoms with Gasteiger partial charge in [-0.1, -0.05) is 0 Å². The SMILES string of the molecule is COc1ccc(Nc2cc(Br)nc(C3CC3)n2)cc1OC. The van der Waals surface area contributed by atoms with Gasteiger partial charge in [0.15, 0.2) is 11.5 Å². The number of benzene rings is 1. The minimum absolute atomic E-state index is 0.508. The number of anilines is 2. The lowest BCUT2D eigenvalue weighted by atomic mass is 10.2. The largest absolute Gasteiger partial charge is 0.493 e. The number of hydrogen-bond donors (Lipinski definition) is 1. The molecule has 1 aromatic carbocycles. The van der Waals surface area contributed by atoms with Gasteiger partial charge in [0.25, 0.3) is 0 Å². The van der Waals surface area contributed by atoms with Crippen molar-refractivity contribution in [2.24, 2.45) is 0 Å². The molecule has 21 heavy (non-hydrogen) atoms. The highest BCUT2D eigenvalue weighted by Crippen LogP contribution is 2.39. The number of nitrogens with zero attached hydrogens (tertiary/aromatic N) is 2. The Morgan fingerprint density at radius 2 is 1.86 bits per heavy atom. The second-order valence-electron chi connectivity index (χ2n) is 4.90. The van der Waals surface area contributed by atoms with E-state index >= 15 is 0 Å². The molecule has 3 rings (SSSR count). The van der Waals surface area contributed by atoms with E-state index in [1.165, 1.54) is 12.8 Å². The van der Waals surface area contributed by atoms with Crippen LogP contribution < -0.4 is 14.8 Å². The first kappa shape index (κ1) is 14.1. The molecule has 1 fully saturated rings. The van der Waals surface area contributed by atoms with Gasteiger partial charge >= 0.3 is 0 Å². The van der Waals surface area contributed by atoms with E-state index in [0.29, 0.717) is 17.4 Å². The molecule has 0 radical (unpaired) electrons. The average Bonchev–Trinajstić information content (AvgIpc) is 3.31. The fraction of sp³-hybridized carbons (Fsp3) is 0.333. The summed E-state index contributed by atoms with van der Waals surface area (Å²) >= 11 is 3.44. The second kappa shape index (κ2) is 5.89. The molecule has 0 atom stereocenters. The predicted molar refractivity (Wildman–Crippen MR) is 84.5 cm³/mol. The van der Waals surface area contributed by atoms with E-state index in [1.54, 1.807) is 14.2 Å². The molecule has 1 N–H and O–H groups in total. The fourth-order valence-electron chi connectivity index (χ4n) is 2.09. The first-order valence-electron chi connectivity index (χ1n) is 6.73. The highest BCUT2D eigenvalue weighted by molar-refractivity contribution is 9.10. The van der Waals surface area contributed by atoms with Crippen LogP contribution in [0.3, 0.4) is 0 Å². The number of ether oxygens (including phenoxy) is 2. The third-order valence-electron chi connectivity index (χ3n) is 3.31. The molecule has 0 saturated heterocycles. The van der Waals surface area contributed by atoms with Crippen molar-refractivity contribution in [2.45, 2.75) is 18.8 Å². The van der Waals surface area contributed by atoms with E-state index in [0.717, 1.165) is 21.9 Å². The molecule has 5 nitrogen and oxygen atoms in total. The molecule has 0 aliphatic heterocycles. The van der Waals surface area contributed by atoms with Crippen molar-refractivity contribution >= 4 is 27.4 Å². The normalized spacial score (nSPS) is 13.9. The molecule has 0 amide bonds. The van der Waals surface area contributed by atoms with E-state index < -0.39 is 0 Å². The average molecular weight is 350 g/mol. The molecule has 1 aliphatic rings. The Morgan fingerprint density at radius 3 is 2.52 bits per heavy atom. The Labute approximate surface area is 131 Å². The summed E-state index contributed by atoms with van der Waals surface area (Å²) in [5.74, 6) is 3.55. The maximum atomic E-state index is 5.30. The maximum absolute atomic E-state index is 5.30. The highest BCUT2D eigenvalue weighted by Gasteiger charge is 2.27. The van der Waals surface area contributed by atoms with Gasteiger partial charge in [0, 0.05) is 23.7 Å². The van der Waals surface area contributed by atoms with E-state index in [1.807, 2.05) is 24.3 Å². The number of rotatable bonds is 5. The zero-order chi connectivity index (χ0) is 14.8. The van der Waals surface area contributed by atoms with E-state index in [9.17, 15) is 0 Å². The molecular formula is C15H16BrN3O2. The van der Waals surface area contributed by atoms with Crippen molar-refractivity contribution in [3.05, 3.63) is 34.7 Å². The Morgan fingerprint density at radius 1 is 1.10 bits per heavy atom. The van der Waals surface area contributed by atoms with Crippen molar-refractivity contribution in [1.82, 2.24) is 9.97 Å². The van der Waals surface area contributed by atoms with Gasteiger partial charge in [-0.15, -0.1) is 0 Å². The van der Waals surface area contributed by atoms with Crippen molar-refractivity contribution in [2.75, 3.05) is 19.5 Å². The predicted octanol–water partition coefficient (Wildman–Crippen LogP) is 3.88. The summed E-state index contributed by atoms with van der Waals surface area (Å²) in [7, 11) is 3.24. The Bertz CT molecular complexity index is 659. The lowest BCUT2D eigenvalue weighted by Crippen LogP contribution is -2.00. The molecule has 6 heteroatoms. The van der Waals surface area contributed by atoms with Crippen LogP contribution in [-0.2, 0) is 0 Å². The molecule has 0 spiro atoms. The van der Waals surface area contributed by atoms with E-state index in [-0.39, 0.29) is 0 Å².